The molecular weight excluding hydrogens is 453 g/mol. The molecule has 182 valence electrons. The monoisotopic (exact) mass is 485 g/mol. The first kappa shape index (κ1) is 24.2. The molecule has 0 bridgehead atoms. The van der Waals surface area contributed by atoms with Crippen molar-refractivity contribution in [1.29, 1.82) is 0 Å². The molecule has 3 aromatic rings. The van der Waals surface area contributed by atoms with Crippen molar-refractivity contribution in [3.63, 3.8) is 0 Å². The number of nitrogens with zero attached hydrogens (tertiary/aromatic N) is 2. The van der Waals surface area contributed by atoms with Gasteiger partial charge in [0.1, 0.15) is 35.9 Å². The zero-order valence-electron chi connectivity index (χ0n) is 20.4. The van der Waals surface area contributed by atoms with Gasteiger partial charge >= 0.3 is 0 Å². The van der Waals surface area contributed by atoms with E-state index in [2.05, 4.69) is 25.0 Å². The molecule has 1 saturated carbocycles. The van der Waals surface area contributed by atoms with E-state index in [0.29, 0.717) is 36.3 Å². The Morgan fingerprint density at radius 2 is 1.85 bits per heavy atom. The van der Waals surface area contributed by atoms with Crippen molar-refractivity contribution in [2.24, 2.45) is 5.92 Å². The summed E-state index contributed by atoms with van der Waals surface area (Å²) < 4.78 is 32.5. The van der Waals surface area contributed by atoms with E-state index in [1.807, 2.05) is 35.0 Å². The first-order valence-corrected chi connectivity index (χ1v) is 15.2. The average molecular weight is 486 g/mol. The fourth-order valence-corrected chi connectivity index (χ4v) is 4.60. The Kier molecular flexibility index (Phi) is 6.95. The number of alkyl halides is 1. The number of hydrogen-bond acceptors (Lipinski definition) is 5. The van der Waals surface area contributed by atoms with Crippen molar-refractivity contribution in [2.75, 3.05) is 26.1 Å². The highest BCUT2D eigenvalue weighted by molar-refractivity contribution is 6.76. The Labute approximate surface area is 200 Å². The first-order chi connectivity index (χ1) is 16.2. The van der Waals surface area contributed by atoms with Crippen LogP contribution in [-0.4, -0.2) is 50.5 Å². The van der Waals surface area contributed by atoms with Crippen LogP contribution in [0.25, 0.3) is 22.2 Å². The van der Waals surface area contributed by atoms with Crippen molar-refractivity contribution < 1.29 is 23.4 Å². The van der Waals surface area contributed by atoms with E-state index in [1.54, 1.807) is 20.3 Å². The Morgan fingerprint density at radius 3 is 2.44 bits per heavy atom. The highest BCUT2D eigenvalue weighted by Gasteiger charge is 2.43. The molecule has 2 atom stereocenters. The van der Waals surface area contributed by atoms with Crippen LogP contribution in [0.15, 0.2) is 36.5 Å². The maximum atomic E-state index is 13.3. The van der Waals surface area contributed by atoms with Crippen molar-refractivity contribution in [3.8, 4) is 22.6 Å². The predicted molar refractivity (Wildman–Crippen MR) is 134 cm³/mol. The molecular formula is C25H32FN3O4Si. The summed E-state index contributed by atoms with van der Waals surface area (Å²) in [6.45, 7) is 7.92. The quantitative estimate of drug-likeness (QED) is 0.310. The highest BCUT2D eigenvalue weighted by Crippen LogP contribution is 2.42. The Morgan fingerprint density at radius 1 is 1.18 bits per heavy atom. The van der Waals surface area contributed by atoms with Gasteiger partial charge in [-0.05, 0) is 36.7 Å². The van der Waals surface area contributed by atoms with Crippen LogP contribution >= 0.6 is 0 Å². The van der Waals surface area contributed by atoms with Crippen molar-refractivity contribution in [2.45, 2.75) is 45.0 Å². The molecule has 2 unspecified atom stereocenters. The lowest BCUT2D eigenvalue weighted by Crippen LogP contribution is -2.22. The van der Waals surface area contributed by atoms with Crippen LogP contribution in [0.1, 0.15) is 6.42 Å². The second-order valence-electron chi connectivity index (χ2n) is 9.81. The number of carbonyl (C=O) groups excluding carboxylic acids is 1. The van der Waals surface area contributed by atoms with Gasteiger partial charge in [-0.3, -0.25) is 4.79 Å². The third kappa shape index (κ3) is 5.25. The molecule has 0 aliphatic heterocycles. The lowest BCUT2D eigenvalue weighted by Gasteiger charge is -2.15. The van der Waals surface area contributed by atoms with Crippen LogP contribution in [0.3, 0.4) is 0 Å². The normalized spacial score (nSPS) is 17.6. The number of benzene rings is 1. The standard InChI is InChI=1S/C25H32FN3O4Si/c1-31-20-7-6-8-21(32-2)23(20)18-14-29(15-33-11-12-34(3,4)5)24-16(18)9-10-22(27-24)28-25(30)17-13-19(17)26/h6-10,14,17,19H,11-13,15H2,1-5H3,(H,27,28,30). The average Bonchev–Trinajstić information content (AvgIpc) is 3.44. The highest BCUT2D eigenvalue weighted by atomic mass is 28.3. The zero-order chi connectivity index (χ0) is 24.5. The number of halogens is 1. The van der Waals surface area contributed by atoms with Crippen molar-refractivity contribution >= 4 is 30.8 Å². The summed E-state index contributed by atoms with van der Waals surface area (Å²) in [6.07, 6.45) is 1.18. The van der Waals surface area contributed by atoms with Crippen LogP contribution in [-0.2, 0) is 16.3 Å². The molecule has 34 heavy (non-hydrogen) atoms. The lowest BCUT2D eigenvalue weighted by molar-refractivity contribution is -0.117. The van der Waals surface area contributed by atoms with Crippen LogP contribution in [0.4, 0.5) is 10.2 Å². The summed E-state index contributed by atoms with van der Waals surface area (Å²) in [6, 6.07) is 10.3. The van der Waals surface area contributed by atoms with Gasteiger partial charge in [0.15, 0.2) is 0 Å². The molecule has 1 fully saturated rings. The molecule has 0 radical (unpaired) electrons. The van der Waals surface area contributed by atoms with E-state index in [9.17, 15) is 9.18 Å². The zero-order valence-corrected chi connectivity index (χ0v) is 21.4. The summed E-state index contributed by atoms with van der Waals surface area (Å²) in [4.78, 5) is 16.9. The SMILES string of the molecule is COc1cccc(OC)c1-c1cn(COCC[Si](C)(C)C)c2nc(NC(=O)C3CC3F)ccc12. The number of carbonyl (C=O) groups is 1. The molecule has 1 aromatic carbocycles. The van der Waals surface area contributed by atoms with Gasteiger partial charge in [-0.2, -0.15) is 0 Å². The number of methoxy groups -OCH3 is 2. The molecule has 1 N–H and O–H groups in total. The van der Waals surface area contributed by atoms with Gasteiger partial charge in [0.2, 0.25) is 5.91 Å². The van der Waals surface area contributed by atoms with Gasteiger partial charge in [0, 0.05) is 31.8 Å². The molecule has 4 rings (SSSR count). The number of hydrogen-bond donors (Lipinski definition) is 1. The largest absolute Gasteiger partial charge is 0.496 e. The third-order valence-corrected chi connectivity index (χ3v) is 7.65. The number of rotatable bonds is 10. The van der Waals surface area contributed by atoms with E-state index >= 15 is 0 Å². The smallest absolute Gasteiger partial charge is 0.231 e. The molecule has 7 nitrogen and oxygen atoms in total. The van der Waals surface area contributed by atoms with Crippen LogP contribution in [0, 0.1) is 5.92 Å². The molecule has 2 aromatic heterocycles. The van der Waals surface area contributed by atoms with Gasteiger partial charge < -0.3 is 24.1 Å². The number of anilines is 1. The molecule has 1 amide bonds. The van der Waals surface area contributed by atoms with Gasteiger partial charge in [-0.15, -0.1) is 0 Å². The van der Waals surface area contributed by atoms with E-state index < -0.39 is 20.2 Å². The molecule has 0 saturated heterocycles. The van der Waals surface area contributed by atoms with Gasteiger partial charge in [-0.25, -0.2) is 9.37 Å². The fraction of sp³-hybridized carbons (Fsp3) is 0.440. The Bertz CT molecular complexity index is 1170. The Hall–Kier alpha value is -2.91. The fourth-order valence-electron chi connectivity index (χ4n) is 3.84. The number of aromatic nitrogens is 2. The van der Waals surface area contributed by atoms with Crippen molar-refractivity contribution in [1.82, 2.24) is 9.55 Å². The number of amides is 1. The third-order valence-electron chi connectivity index (χ3n) is 5.95. The maximum Gasteiger partial charge on any atom is 0.231 e. The van der Waals surface area contributed by atoms with E-state index in [-0.39, 0.29) is 12.3 Å². The van der Waals surface area contributed by atoms with Crippen LogP contribution < -0.4 is 14.8 Å². The summed E-state index contributed by atoms with van der Waals surface area (Å²) >= 11 is 0. The molecule has 2 heterocycles. The van der Waals surface area contributed by atoms with Crippen molar-refractivity contribution in [3.05, 3.63) is 36.5 Å². The van der Waals surface area contributed by atoms with E-state index in [0.717, 1.165) is 22.6 Å². The second kappa shape index (κ2) is 9.75. The minimum Gasteiger partial charge on any atom is -0.496 e. The Balaban J connectivity index is 1.72. The summed E-state index contributed by atoms with van der Waals surface area (Å²) in [5.74, 6) is 0.825. The first-order valence-electron chi connectivity index (χ1n) is 11.5. The number of pyridine rings is 1. The maximum absolute atomic E-state index is 13.3. The number of nitrogens with one attached hydrogen (secondary N) is 1. The summed E-state index contributed by atoms with van der Waals surface area (Å²) in [5, 5.41) is 3.61. The number of fused-ring (bicyclic) bond motifs is 1. The van der Waals surface area contributed by atoms with Gasteiger partial charge in [0.05, 0.1) is 25.7 Å². The molecule has 1 aliphatic rings. The number of ether oxygens (including phenoxy) is 3. The van der Waals surface area contributed by atoms with Crippen LogP contribution in [0.5, 0.6) is 11.5 Å². The second-order valence-corrected chi connectivity index (χ2v) is 15.4. The van der Waals surface area contributed by atoms with E-state index in [4.69, 9.17) is 19.2 Å². The minimum absolute atomic E-state index is 0.271. The van der Waals surface area contributed by atoms with Crippen LogP contribution in [0.2, 0.25) is 25.7 Å². The lowest BCUT2D eigenvalue weighted by atomic mass is 10.0. The summed E-state index contributed by atoms with van der Waals surface area (Å²) in [7, 11) is 2.03. The summed E-state index contributed by atoms with van der Waals surface area (Å²) in [5.41, 5.74) is 2.35. The van der Waals surface area contributed by atoms with E-state index in [1.165, 1.54) is 0 Å². The van der Waals surface area contributed by atoms with Gasteiger partial charge in [-0.1, -0.05) is 25.7 Å². The van der Waals surface area contributed by atoms with Gasteiger partial charge in [0.25, 0.3) is 0 Å². The molecule has 1 aliphatic carbocycles. The minimum atomic E-state index is -1.22. The molecule has 9 heteroatoms. The molecule has 0 spiro atoms. The topological polar surface area (TPSA) is 74.6 Å². The predicted octanol–water partition coefficient (Wildman–Crippen LogP) is 5.33.